The Balaban J connectivity index is 1.13. The van der Waals surface area contributed by atoms with Crippen molar-refractivity contribution in [3.63, 3.8) is 0 Å². The number of rotatable bonds is 5. The molecule has 0 aliphatic carbocycles. The first-order valence-electron chi connectivity index (χ1n) is 16.9. The van der Waals surface area contributed by atoms with Gasteiger partial charge < -0.3 is 4.42 Å². The summed E-state index contributed by atoms with van der Waals surface area (Å²) in [5.41, 5.74) is 9.59. The fraction of sp³-hybridized carbons (Fsp3) is 0. The lowest BCUT2D eigenvalue weighted by molar-refractivity contribution is 0.598. The van der Waals surface area contributed by atoms with Crippen LogP contribution in [0.25, 0.3) is 89.5 Å². The van der Waals surface area contributed by atoms with Gasteiger partial charge in [0.15, 0.2) is 17.5 Å². The molecule has 1 aliphatic rings. The first-order valence-corrected chi connectivity index (χ1v) is 18.4. The van der Waals surface area contributed by atoms with E-state index >= 15 is 0 Å². The molecule has 0 bridgehead atoms. The van der Waals surface area contributed by atoms with Gasteiger partial charge in [0.1, 0.15) is 11.2 Å². The SMILES string of the molecule is O=S1(=O)c2ccccc2-c2cc(-c3ccc4oc5cccc(-c6nc(-c7ccccc7)nc(-c7ccc(-c8ccccc8)cc7)n6)c5c4c3)ccc21. The van der Waals surface area contributed by atoms with E-state index in [4.69, 9.17) is 19.4 Å². The number of fused-ring (bicyclic) bond motifs is 6. The lowest BCUT2D eigenvalue weighted by Crippen LogP contribution is -2.00. The van der Waals surface area contributed by atoms with Gasteiger partial charge in [0.2, 0.25) is 9.84 Å². The molecular formula is C45H27N3O3S. The lowest BCUT2D eigenvalue weighted by atomic mass is 9.97. The van der Waals surface area contributed by atoms with Crippen LogP contribution < -0.4 is 0 Å². The summed E-state index contributed by atoms with van der Waals surface area (Å²) in [6, 6.07) is 53.2. The molecule has 7 heteroatoms. The molecule has 3 heterocycles. The Morgan fingerprint density at radius 1 is 0.385 bits per heavy atom. The second-order valence-corrected chi connectivity index (χ2v) is 14.7. The second kappa shape index (κ2) is 11.7. The smallest absolute Gasteiger partial charge is 0.207 e. The monoisotopic (exact) mass is 689 g/mol. The van der Waals surface area contributed by atoms with Gasteiger partial charge in [0.25, 0.3) is 0 Å². The number of nitrogens with zero attached hydrogens (tertiary/aromatic N) is 3. The predicted octanol–water partition coefficient (Wildman–Crippen LogP) is 10.9. The maximum Gasteiger partial charge on any atom is 0.207 e. The molecule has 52 heavy (non-hydrogen) atoms. The molecule has 9 aromatic rings. The summed E-state index contributed by atoms with van der Waals surface area (Å²) in [6.45, 7) is 0. The molecule has 0 N–H and O–H groups in total. The molecule has 0 unspecified atom stereocenters. The zero-order chi connectivity index (χ0) is 34.8. The van der Waals surface area contributed by atoms with Gasteiger partial charge in [0, 0.05) is 38.6 Å². The van der Waals surface area contributed by atoms with Crippen molar-refractivity contribution in [1.82, 2.24) is 15.0 Å². The third-order valence-corrected chi connectivity index (χ3v) is 11.6. The second-order valence-electron chi connectivity index (χ2n) is 12.8. The van der Waals surface area contributed by atoms with E-state index in [2.05, 4.69) is 42.5 Å². The van der Waals surface area contributed by atoms with Crippen molar-refractivity contribution in [3.8, 4) is 67.5 Å². The van der Waals surface area contributed by atoms with Gasteiger partial charge in [-0.05, 0) is 58.7 Å². The summed E-state index contributed by atoms with van der Waals surface area (Å²) in [7, 11) is -3.55. The fourth-order valence-corrected chi connectivity index (χ4v) is 8.84. The molecule has 0 atom stereocenters. The van der Waals surface area contributed by atoms with Gasteiger partial charge in [-0.3, -0.25) is 0 Å². The third kappa shape index (κ3) is 4.86. The van der Waals surface area contributed by atoms with Crippen LogP contribution in [0.3, 0.4) is 0 Å². The molecule has 6 nitrogen and oxygen atoms in total. The molecule has 2 aromatic heterocycles. The normalized spacial score (nSPS) is 12.9. The highest BCUT2D eigenvalue weighted by atomic mass is 32.2. The van der Waals surface area contributed by atoms with E-state index in [0.29, 0.717) is 38.4 Å². The molecule has 0 radical (unpaired) electrons. The highest BCUT2D eigenvalue weighted by Gasteiger charge is 2.32. The number of benzene rings is 7. The molecule has 0 fully saturated rings. The number of hydrogen-bond donors (Lipinski definition) is 0. The number of sulfone groups is 1. The molecule has 0 amide bonds. The molecule has 1 aliphatic heterocycles. The van der Waals surface area contributed by atoms with Crippen LogP contribution in [0.2, 0.25) is 0 Å². The van der Waals surface area contributed by atoms with Gasteiger partial charge in [-0.25, -0.2) is 23.4 Å². The van der Waals surface area contributed by atoms with E-state index in [0.717, 1.165) is 60.9 Å². The molecule has 0 saturated heterocycles. The standard InChI is InChI=1S/C45H27N3O3S/c49-52(50)40-17-8-7-14-34(40)36-26-33(23-25-41(36)52)32-22-24-38-37(27-32)42-35(15-9-16-39(42)51-38)45-47-43(30-12-5-2-6-13-30)46-44(48-45)31-20-18-29(19-21-31)28-10-3-1-4-11-28/h1-27H. The van der Waals surface area contributed by atoms with Crippen molar-refractivity contribution in [2.45, 2.75) is 9.79 Å². The summed E-state index contributed by atoms with van der Waals surface area (Å²) < 4.78 is 32.9. The van der Waals surface area contributed by atoms with E-state index in [1.54, 1.807) is 18.2 Å². The predicted molar refractivity (Wildman–Crippen MR) is 205 cm³/mol. The largest absolute Gasteiger partial charge is 0.456 e. The van der Waals surface area contributed by atoms with Crippen molar-refractivity contribution in [2.75, 3.05) is 0 Å². The molecule has 246 valence electrons. The van der Waals surface area contributed by atoms with Crippen molar-refractivity contribution >= 4 is 31.8 Å². The minimum absolute atomic E-state index is 0.337. The average Bonchev–Trinajstić information content (AvgIpc) is 3.70. The number of aromatic nitrogens is 3. The van der Waals surface area contributed by atoms with Gasteiger partial charge in [-0.2, -0.15) is 0 Å². The minimum atomic E-state index is -3.55. The van der Waals surface area contributed by atoms with Crippen LogP contribution in [0, 0.1) is 0 Å². The maximum atomic E-state index is 13.3. The highest BCUT2D eigenvalue weighted by molar-refractivity contribution is 7.92. The Kier molecular flexibility index (Phi) is 6.78. The Bertz CT molecular complexity index is 2960. The van der Waals surface area contributed by atoms with Crippen molar-refractivity contribution in [1.29, 1.82) is 0 Å². The number of furan rings is 1. The molecule has 0 spiro atoms. The molecule has 7 aromatic carbocycles. The average molecular weight is 690 g/mol. The van der Waals surface area contributed by atoms with Crippen LogP contribution in [0.4, 0.5) is 0 Å². The Labute approximate surface area is 299 Å². The topological polar surface area (TPSA) is 86.0 Å². The summed E-state index contributed by atoms with van der Waals surface area (Å²) in [6.07, 6.45) is 0. The molecule has 0 saturated carbocycles. The van der Waals surface area contributed by atoms with Crippen LogP contribution in [0.5, 0.6) is 0 Å². The quantitative estimate of drug-likeness (QED) is 0.179. The van der Waals surface area contributed by atoms with Crippen molar-refractivity contribution < 1.29 is 12.8 Å². The highest BCUT2D eigenvalue weighted by Crippen LogP contribution is 2.45. The minimum Gasteiger partial charge on any atom is -0.456 e. The van der Waals surface area contributed by atoms with Crippen LogP contribution >= 0.6 is 0 Å². The number of hydrogen-bond acceptors (Lipinski definition) is 6. The van der Waals surface area contributed by atoms with Gasteiger partial charge >= 0.3 is 0 Å². The summed E-state index contributed by atoms with van der Waals surface area (Å²) in [5, 5.41) is 1.80. The van der Waals surface area contributed by atoms with Gasteiger partial charge in [-0.1, -0.05) is 127 Å². The fourth-order valence-electron chi connectivity index (χ4n) is 7.17. The van der Waals surface area contributed by atoms with E-state index < -0.39 is 9.84 Å². The van der Waals surface area contributed by atoms with E-state index in [1.807, 2.05) is 103 Å². The summed E-state index contributed by atoms with van der Waals surface area (Å²) >= 11 is 0. The van der Waals surface area contributed by atoms with E-state index in [1.165, 1.54) is 0 Å². The van der Waals surface area contributed by atoms with Crippen molar-refractivity contribution in [2.24, 2.45) is 0 Å². The van der Waals surface area contributed by atoms with Crippen LogP contribution in [0.1, 0.15) is 0 Å². The van der Waals surface area contributed by atoms with Crippen molar-refractivity contribution in [3.05, 3.63) is 164 Å². The maximum absolute atomic E-state index is 13.3. The van der Waals surface area contributed by atoms with Gasteiger partial charge in [0.05, 0.1) is 9.79 Å². The van der Waals surface area contributed by atoms with Crippen LogP contribution in [0.15, 0.2) is 178 Å². The zero-order valence-electron chi connectivity index (χ0n) is 27.6. The first-order chi connectivity index (χ1) is 25.5. The first kappa shape index (κ1) is 30.2. The Morgan fingerprint density at radius 3 is 1.69 bits per heavy atom. The van der Waals surface area contributed by atoms with E-state index in [-0.39, 0.29) is 0 Å². The van der Waals surface area contributed by atoms with Gasteiger partial charge in [-0.15, -0.1) is 0 Å². The summed E-state index contributed by atoms with van der Waals surface area (Å²) in [4.78, 5) is 15.7. The molecular weight excluding hydrogens is 663 g/mol. The third-order valence-electron chi connectivity index (χ3n) is 9.72. The summed E-state index contributed by atoms with van der Waals surface area (Å²) in [5.74, 6) is 1.68. The lowest BCUT2D eigenvalue weighted by Gasteiger charge is -2.10. The Hall–Kier alpha value is -6.70. The van der Waals surface area contributed by atoms with E-state index in [9.17, 15) is 8.42 Å². The zero-order valence-corrected chi connectivity index (χ0v) is 28.4. The Morgan fingerprint density at radius 2 is 0.923 bits per heavy atom. The van der Waals surface area contributed by atoms with Crippen LogP contribution in [-0.4, -0.2) is 23.4 Å². The molecule has 10 rings (SSSR count). The van der Waals surface area contributed by atoms with Crippen LogP contribution in [-0.2, 0) is 9.84 Å².